The Bertz CT molecular complexity index is 2830. The minimum atomic E-state index is -0.0852. The number of nitrogens with zero attached hydrogens (tertiary/aromatic N) is 1. The van der Waals surface area contributed by atoms with E-state index in [0.717, 1.165) is 25.7 Å². The second-order valence-electron chi connectivity index (χ2n) is 17.9. The summed E-state index contributed by atoms with van der Waals surface area (Å²) in [6.07, 6.45) is 13.8. The number of nitrogens with one attached hydrogen (secondary N) is 1. The van der Waals surface area contributed by atoms with E-state index in [1.54, 1.807) is 0 Å². The van der Waals surface area contributed by atoms with Gasteiger partial charge in [0.2, 0.25) is 0 Å². The molecule has 1 heterocycles. The van der Waals surface area contributed by atoms with Gasteiger partial charge in [-0.05, 0) is 147 Å². The molecule has 4 aliphatic carbocycles. The summed E-state index contributed by atoms with van der Waals surface area (Å²) in [6.45, 7) is 11.8. The summed E-state index contributed by atoms with van der Waals surface area (Å²) in [5, 5.41) is 3.55. The molecule has 6 aromatic carbocycles. The summed E-state index contributed by atoms with van der Waals surface area (Å²) in [5.41, 5.74) is 27.8. The van der Waals surface area contributed by atoms with Gasteiger partial charge < -0.3 is 10.2 Å². The van der Waals surface area contributed by atoms with Crippen molar-refractivity contribution in [3.63, 3.8) is 0 Å². The first-order valence-electron chi connectivity index (χ1n) is 20.9. The SMILES string of the molecule is CNc1cc2c(cc1C1=CC(c3cc(C)cc4c3[B]c3cc5c(cc3N4c3ccc4c(c3)-c3ccccc3C4(C)C)-c3ccccc3C5(C)C)=CCC1)CCC=C2. The molecular weight excluding hydrogens is 687 g/mol. The molecule has 11 rings (SSSR count). The second kappa shape index (κ2) is 12.4. The maximum absolute atomic E-state index is 3.55. The van der Waals surface area contributed by atoms with Gasteiger partial charge >= 0.3 is 0 Å². The fraction of sp³-hybridized carbons (Fsp3) is 0.222. The molecule has 0 spiro atoms. The number of rotatable bonds is 4. The number of allylic oxidation sites excluding steroid dienone is 5. The van der Waals surface area contributed by atoms with Gasteiger partial charge in [0.25, 0.3) is 0 Å². The first-order chi connectivity index (χ1) is 27.6. The van der Waals surface area contributed by atoms with Crippen LogP contribution in [0.25, 0.3) is 39.5 Å². The average Bonchev–Trinajstić information content (AvgIpc) is 3.60. The van der Waals surface area contributed by atoms with Gasteiger partial charge in [-0.1, -0.05) is 130 Å². The van der Waals surface area contributed by atoms with E-state index in [0.29, 0.717) is 0 Å². The maximum Gasteiger partial charge on any atom is 0.197 e. The molecule has 0 saturated carbocycles. The lowest BCUT2D eigenvalue weighted by Gasteiger charge is -2.37. The average molecular weight is 736 g/mol. The molecule has 0 aromatic heterocycles. The third-order valence-electron chi connectivity index (χ3n) is 13.8. The van der Waals surface area contributed by atoms with E-state index < -0.39 is 0 Å². The van der Waals surface area contributed by atoms with Crippen molar-refractivity contribution in [3.8, 4) is 22.3 Å². The Morgan fingerprint density at radius 1 is 0.632 bits per heavy atom. The topological polar surface area (TPSA) is 15.3 Å². The molecule has 0 saturated heterocycles. The van der Waals surface area contributed by atoms with Crippen LogP contribution in [0.15, 0.2) is 121 Å². The summed E-state index contributed by atoms with van der Waals surface area (Å²) in [5.74, 6) is 0. The zero-order chi connectivity index (χ0) is 38.8. The van der Waals surface area contributed by atoms with Crippen LogP contribution in [0.4, 0.5) is 22.7 Å². The lowest BCUT2D eigenvalue weighted by molar-refractivity contribution is 0.660. The first-order valence-corrected chi connectivity index (χ1v) is 20.9. The predicted molar refractivity (Wildman–Crippen MR) is 245 cm³/mol. The highest BCUT2D eigenvalue weighted by Gasteiger charge is 2.40. The van der Waals surface area contributed by atoms with Crippen molar-refractivity contribution in [3.05, 3.63) is 171 Å². The first kappa shape index (κ1) is 34.5. The second-order valence-corrected chi connectivity index (χ2v) is 17.9. The Kier molecular flexibility index (Phi) is 7.47. The Balaban J connectivity index is 1.12. The molecule has 0 atom stereocenters. The van der Waals surface area contributed by atoms with Crippen LogP contribution in [0.3, 0.4) is 0 Å². The molecule has 1 aliphatic heterocycles. The third kappa shape index (κ3) is 5.04. The summed E-state index contributed by atoms with van der Waals surface area (Å²) in [7, 11) is 4.55. The zero-order valence-corrected chi connectivity index (χ0v) is 34.0. The number of fused-ring (bicyclic) bond motifs is 9. The highest BCUT2D eigenvalue weighted by molar-refractivity contribution is 6.72. The summed E-state index contributed by atoms with van der Waals surface area (Å²) >= 11 is 0. The summed E-state index contributed by atoms with van der Waals surface area (Å²) < 4.78 is 0. The van der Waals surface area contributed by atoms with Crippen LogP contribution in [0.2, 0.25) is 0 Å². The van der Waals surface area contributed by atoms with Crippen molar-refractivity contribution < 1.29 is 0 Å². The van der Waals surface area contributed by atoms with Gasteiger partial charge in [-0.3, -0.25) is 0 Å². The Hall–Kier alpha value is -5.80. The van der Waals surface area contributed by atoms with Crippen LogP contribution < -0.4 is 21.1 Å². The lowest BCUT2D eigenvalue weighted by Crippen LogP contribution is -2.42. The summed E-state index contributed by atoms with van der Waals surface area (Å²) in [6, 6.07) is 39.9. The Morgan fingerprint density at radius 3 is 2.12 bits per heavy atom. The number of anilines is 4. The largest absolute Gasteiger partial charge is 0.388 e. The van der Waals surface area contributed by atoms with Gasteiger partial charge in [-0.25, -0.2) is 0 Å². The molecule has 2 nitrogen and oxygen atoms in total. The highest BCUT2D eigenvalue weighted by atomic mass is 15.1. The number of hydrogen-bond acceptors (Lipinski definition) is 2. The maximum atomic E-state index is 3.55. The molecule has 57 heavy (non-hydrogen) atoms. The number of benzene rings is 6. The van der Waals surface area contributed by atoms with Gasteiger partial charge in [0.15, 0.2) is 7.28 Å². The van der Waals surface area contributed by atoms with E-state index in [4.69, 9.17) is 0 Å². The van der Waals surface area contributed by atoms with Crippen molar-refractivity contribution in [2.45, 2.75) is 71.1 Å². The molecule has 1 N–H and O–H groups in total. The van der Waals surface area contributed by atoms with Crippen molar-refractivity contribution in [2.24, 2.45) is 0 Å². The summed E-state index contributed by atoms with van der Waals surface area (Å²) in [4.78, 5) is 2.58. The molecule has 0 bridgehead atoms. The van der Waals surface area contributed by atoms with Crippen LogP contribution >= 0.6 is 0 Å². The van der Waals surface area contributed by atoms with Gasteiger partial charge in [0, 0.05) is 46.2 Å². The van der Waals surface area contributed by atoms with E-state index in [9.17, 15) is 0 Å². The monoisotopic (exact) mass is 735 g/mol. The zero-order valence-electron chi connectivity index (χ0n) is 34.0. The molecule has 6 aromatic rings. The van der Waals surface area contributed by atoms with Gasteiger partial charge in [0.05, 0.1) is 0 Å². The molecule has 0 unspecified atom stereocenters. The van der Waals surface area contributed by atoms with E-state index in [-0.39, 0.29) is 10.8 Å². The smallest absolute Gasteiger partial charge is 0.197 e. The normalized spacial score (nSPS) is 17.2. The molecule has 3 heteroatoms. The fourth-order valence-electron chi connectivity index (χ4n) is 10.9. The quantitative estimate of drug-likeness (QED) is 0.181. The van der Waals surface area contributed by atoms with Crippen LogP contribution in [0.5, 0.6) is 0 Å². The molecular formula is C54H48BN2. The van der Waals surface area contributed by atoms with Crippen LogP contribution in [-0.4, -0.2) is 14.3 Å². The van der Waals surface area contributed by atoms with E-state index in [1.807, 2.05) is 0 Å². The standard InChI is InChI=1S/C54H48BN2/c1-32-24-41(36-17-13-16-35(26-36)40-27-33-14-7-8-15-34(33)28-49(40)56-6)52-51(25-32)57(37-22-23-46-42(29-37)38-18-9-11-20-44(38)53(46,2)3)50-30-43-39-19-10-12-21-45(39)54(4,5)47(43)31-48(50)55-52/h8-12,15,17-31,56H,7,13-14,16H2,1-6H3. The fourth-order valence-corrected chi connectivity index (χ4v) is 10.9. The minimum absolute atomic E-state index is 0.0464. The molecule has 277 valence electrons. The van der Waals surface area contributed by atoms with Crippen molar-refractivity contribution in [1.29, 1.82) is 0 Å². The number of hydrogen-bond donors (Lipinski definition) is 1. The minimum Gasteiger partial charge on any atom is -0.388 e. The van der Waals surface area contributed by atoms with Crippen LogP contribution in [0.1, 0.15) is 97.0 Å². The number of aryl methyl sites for hydroxylation is 2. The highest BCUT2D eigenvalue weighted by Crippen LogP contribution is 2.53. The molecule has 0 amide bonds. The third-order valence-corrected chi connectivity index (χ3v) is 13.8. The molecule has 5 aliphatic rings. The van der Waals surface area contributed by atoms with Gasteiger partial charge in [-0.15, -0.1) is 0 Å². The molecule has 0 fully saturated rings. The van der Waals surface area contributed by atoms with Gasteiger partial charge in [0.1, 0.15) is 0 Å². The van der Waals surface area contributed by atoms with E-state index in [2.05, 4.69) is 187 Å². The van der Waals surface area contributed by atoms with Crippen LogP contribution in [0, 0.1) is 6.92 Å². The molecule has 1 radical (unpaired) electrons. The lowest BCUT2D eigenvalue weighted by atomic mass is 9.57. The van der Waals surface area contributed by atoms with E-state index in [1.165, 1.54) is 117 Å². The Morgan fingerprint density at radius 2 is 1.35 bits per heavy atom. The predicted octanol–water partition coefficient (Wildman–Crippen LogP) is 12.3. The van der Waals surface area contributed by atoms with E-state index >= 15 is 0 Å². The van der Waals surface area contributed by atoms with Crippen molar-refractivity contribution in [2.75, 3.05) is 17.3 Å². The van der Waals surface area contributed by atoms with Crippen LogP contribution in [-0.2, 0) is 17.3 Å². The van der Waals surface area contributed by atoms with Gasteiger partial charge in [-0.2, -0.15) is 0 Å². The Labute approximate surface area is 338 Å². The van der Waals surface area contributed by atoms with Crippen molar-refractivity contribution in [1.82, 2.24) is 0 Å². The van der Waals surface area contributed by atoms with Crippen molar-refractivity contribution >= 4 is 58.2 Å².